The minimum absolute atomic E-state index is 0.199. The summed E-state index contributed by atoms with van der Waals surface area (Å²) in [6.07, 6.45) is 3.77. The molecular weight excluding hydrogens is 242 g/mol. The molecule has 2 aromatic rings. The molecule has 0 saturated carbocycles. The maximum atomic E-state index is 5.37. The zero-order valence-corrected chi connectivity index (χ0v) is 11.1. The van der Waals surface area contributed by atoms with Crippen LogP contribution in [0.15, 0.2) is 30.6 Å². The van der Waals surface area contributed by atoms with Crippen LogP contribution in [0.2, 0.25) is 0 Å². The molecule has 0 saturated heterocycles. The summed E-state index contributed by atoms with van der Waals surface area (Å²) in [6.45, 7) is 3.19. The predicted octanol–water partition coefficient (Wildman–Crippen LogP) is 2.00. The van der Waals surface area contributed by atoms with Gasteiger partial charge >= 0.3 is 0 Å². The van der Waals surface area contributed by atoms with Crippen LogP contribution in [0.25, 0.3) is 0 Å². The Morgan fingerprint density at radius 2 is 2.21 bits per heavy atom. The van der Waals surface area contributed by atoms with Gasteiger partial charge in [-0.1, -0.05) is 6.07 Å². The number of hydrogen-bond acceptors (Lipinski definition) is 4. The van der Waals surface area contributed by atoms with E-state index in [9.17, 15) is 0 Å². The van der Waals surface area contributed by atoms with Crippen molar-refractivity contribution < 1.29 is 9.47 Å². The summed E-state index contributed by atoms with van der Waals surface area (Å²) in [5, 5.41) is 3.45. The van der Waals surface area contributed by atoms with Gasteiger partial charge in [0.1, 0.15) is 5.82 Å². The maximum absolute atomic E-state index is 5.37. The first kappa shape index (κ1) is 12.0. The number of rotatable bonds is 4. The zero-order valence-electron chi connectivity index (χ0n) is 11.1. The van der Waals surface area contributed by atoms with Gasteiger partial charge in [-0.2, -0.15) is 0 Å². The lowest BCUT2D eigenvalue weighted by molar-refractivity contribution is 0.174. The number of imidazole rings is 1. The van der Waals surface area contributed by atoms with Crippen molar-refractivity contribution in [3.63, 3.8) is 0 Å². The molecule has 1 aliphatic rings. The molecule has 1 unspecified atom stereocenters. The zero-order chi connectivity index (χ0) is 13.2. The standard InChI is InChI=1S/C14H17N3O2/c1-10(14-15-5-6-17(14)2)16-8-11-3-4-12-13(7-11)19-9-18-12/h3-7,10,16H,8-9H2,1-2H3. The summed E-state index contributed by atoms with van der Waals surface area (Å²) in [5.41, 5.74) is 1.17. The Balaban J connectivity index is 1.65. The molecule has 1 atom stereocenters. The number of aryl methyl sites for hydroxylation is 1. The fraction of sp³-hybridized carbons (Fsp3) is 0.357. The number of nitrogens with zero attached hydrogens (tertiary/aromatic N) is 2. The summed E-state index contributed by atoms with van der Waals surface area (Å²) >= 11 is 0. The summed E-state index contributed by atoms with van der Waals surface area (Å²) in [4.78, 5) is 4.34. The molecule has 19 heavy (non-hydrogen) atoms. The van der Waals surface area contributed by atoms with Gasteiger partial charge in [0, 0.05) is 26.0 Å². The summed E-state index contributed by atoms with van der Waals surface area (Å²) in [6, 6.07) is 6.21. The molecule has 0 bridgehead atoms. The van der Waals surface area contributed by atoms with E-state index in [2.05, 4.69) is 17.2 Å². The monoisotopic (exact) mass is 259 g/mol. The third kappa shape index (κ3) is 2.42. The Bertz CT molecular complexity index is 580. The van der Waals surface area contributed by atoms with Crippen LogP contribution >= 0.6 is 0 Å². The maximum Gasteiger partial charge on any atom is 0.231 e. The van der Waals surface area contributed by atoms with Crippen molar-refractivity contribution >= 4 is 0 Å². The van der Waals surface area contributed by atoms with E-state index in [0.717, 1.165) is 23.9 Å². The van der Waals surface area contributed by atoms with Crippen molar-refractivity contribution in [1.29, 1.82) is 0 Å². The fourth-order valence-corrected chi connectivity index (χ4v) is 2.21. The molecule has 1 aliphatic heterocycles. The van der Waals surface area contributed by atoms with Gasteiger partial charge in [-0.25, -0.2) is 4.98 Å². The third-order valence-electron chi connectivity index (χ3n) is 3.30. The summed E-state index contributed by atoms with van der Waals surface area (Å²) < 4.78 is 12.7. The lowest BCUT2D eigenvalue weighted by Gasteiger charge is -2.13. The number of ether oxygens (including phenoxy) is 2. The molecule has 1 aromatic carbocycles. The first-order chi connectivity index (χ1) is 9.24. The Kier molecular flexibility index (Phi) is 3.13. The fourth-order valence-electron chi connectivity index (χ4n) is 2.21. The first-order valence-electron chi connectivity index (χ1n) is 6.33. The van der Waals surface area contributed by atoms with Crippen molar-refractivity contribution in [2.24, 2.45) is 7.05 Å². The minimum atomic E-state index is 0.199. The molecule has 5 heteroatoms. The highest BCUT2D eigenvalue weighted by atomic mass is 16.7. The van der Waals surface area contributed by atoms with Crippen LogP contribution in [0.1, 0.15) is 24.4 Å². The number of fused-ring (bicyclic) bond motifs is 1. The van der Waals surface area contributed by atoms with Gasteiger partial charge in [0.25, 0.3) is 0 Å². The average Bonchev–Trinajstić information content (AvgIpc) is 3.03. The van der Waals surface area contributed by atoms with Crippen LogP contribution in [0, 0.1) is 0 Å². The van der Waals surface area contributed by atoms with Crippen molar-refractivity contribution in [3.05, 3.63) is 42.0 Å². The highest BCUT2D eigenvalue weighted by molar-refractivity contribution is 5.44. The summed E-state index contributed by atoms with van der Waals surface area (Å²) in [5.74, 6) is 2.67. The van der Waals surface area contributed by atoms with Gasteiger partial charge < -0.3 is 19.4 Å². The van der Waals surface area contributed by atoms with Crippen LogP contribution in [-0.2, 0) is 13.6 Å². The molecule has 0 radical (unpaired) electrons. The molecule has 0 aliphatic carbocycles. The second kappa shape index (κ2) is 4.93. The van der Waals surface area contributed by atoms with E-state index in [1.54, 1.807) is 0 Å². The molecule has 0 spiro atoms. The van der Waals surface area contributed by atoms with Gasteiger partial charge in [-0.15, -0.1) is 0 Å². The topological polar surface area (TPSA) is 48.3 Å². The third-order valence-corrected chi connectivity index (χ3v) is 3.30. The first-order valence-corrected chi connectivity index (χ1v) is 6.33. The summed E-state index contributed by atoms with van der Waals surface area (Å²) in [7, 11) is 2.00. The van der Waals surface area contributed by atoms with Crippen LogP contribution in [0.3, 0.4) is 0 Å². The highest BCUT2D eigenvalue weighted by Gasteiger charge is 2.14. The molecule has 0 fully saturated rings. The smallest absolute Gasteiger partial charge is 0.231 e. The molecule has 1 N–H and O–H groups in total. The Morgan fingerprint density at radius 3 is 3.00 bits per heavy atom. The van der Waals surface area contributed by atoms with E-state index in [1.807, 2.05) is 42.2 Å². The van der Waals surface area contributed by atoms with Gasteiger partial charge in [0.05, 0.1) is 6.04 Å². The second-order valence-electron chi connectivity index (χ2n) is 4.69. The number of aromatic nitrogens is 2. The van der Waals surface area contributed by atoms with Crippen LogP contribution in [0.5, 0.6) is 11.5 Å². The quantitative estimate of drug-likeness (QED) is 0.912. The Labute approximate surface area is 112 Å². The predicted molar refractivity (Wildman–Crippen MR) is 71.0 cm³/mol. The van der Waals surface area contributed by atoms with Crippen molar-refractivity contribution in [2.75, 3.05) is 6.79 Å². The molecular formula is C14H17N3O2. The van der Waals surface area contributed by atoms with Crippen LogP contribution in [-0.4, -0.2) is 16.3 Å². The van der Waals surface area contributed by atoms with E-state index in [0.29, 0.717) is 6.79 Å². The second-order valence-corrected chi connectivity index (χ2v) is 4.69. The van der Waals surface area contributed by atoms with Crippen LogP contribution in [0.4, 0.5) is 0 Å². The highest BCUT2D eigenvalue weighted by Crippen LogP contribution is 2.32. The van der Waals surface area contributed by atoms with Gasteiger partial charge in [-0.05, 0) is 24.6 Å². The normalized spacial score (nSPS) is 14.6. The lowest BCUT2D eigenvalue weighted by Crippen LogP contribution is -2.20. The van der Waals surface area contributed by atoms with Crippen molar-refractivity contribution in [3.8, 4) is 11.5 Å². The molecule has 5 nitrogen and oxygen atoms in total. The lowest BCUT2D eigenvalue weighted by atomic mass is 10.2. The van der Waals surface area contributed by atoms with Gasteiger partial charge in [0.15, 0.2) is 11.5 Å². The Hall–Kier alpha value is -2.01. The molecule has 100 valence electrons. The molecule has 1 aromatic heterocycles. The van der Waals surface area contributed by atoms with Gasteiger partial charge in [0.2, 0.25) is 6.79 Å². The van der Waals surface area contributed by atoms with E-state index in [1.165, 1.54) is 5.56 Å². The molecule has 3 rings (SSSR count). The average molecular weight is 259 g/mol. The number of benzene rings is 1. The Morgan fingerprint density at radius 1 is 1.37 bits per heavy atom. The minimum Gasteiger partial charge on any atom is -0.454 e. The van der Waals surface area contributed by atoms with E-state index < -0.39 is 0 Å². The largest absolute Gasteiger partial charge is 0.454 e. The number of nitrogens with one attached hydrogen (secondary N) is 1. The van der Waals surface area contributed by atoms with Crippen LogP contribution < -0.4 is 14.8 Å². The number of hydrogen-bond donors (Lipinski definition) is 1. The van der Waals surface area contributed by atoms with E-state index in [4.69, 9.17) is 9.47 Å². The molecule has 0 amide bonds. The van der Waals surface area contributed by atoms with Crippen molar-refractivity contribution in [2.45, 2.75) is 19.5 Å². The van der Waals surface area contributed by atoms with E-state index in [-0.39, 0.29) is 6.04 Å². The van der Waals surface area contributed by atoms with E-state index >= 15 is 0 Å². The SMILES string of the molecule is CC(NCc1ccc2c(c1)OCO2)c1nccn1C. The van der Waals surface area contributed by atoms with Gasteiger partial charge in [-0.3, -0.25) is 0 Å². The van der Waals surface area contributed by atoms with Crippen molar-refractivity contribution in [1.82, 2.24) is 14.9 Å². The molecule has 2 heterocycles.